The van der Waals surface area contributed by atoms with Gasteiger partial charge in [-0.2, -0.15) is 0 Å². The maximum Gasteiger partial charge on any atom is 0.258 e. The van der Waals surface area contributed by atoms with Crippen molar-refractivity contribution in [2.24, 2.45) is 5.73 Å². The molecule has 0 heterocycles. The number of methoxy groups -OCH3 is 1. The van der Waals surface area contributed by atoms with Gasteiger partial charge in [-0.25, -0.2) is 0 Å². The van der Waals surface area contributed by atoms with Gasteiger partial charge in [-0.1, -0.05) is 19.1 Å². The Bertz CT molecular complexity index is 410. The van der Waals surface area contributed by atoms with Crippen molar-refractivity contribution in [2.75, 3.05) is 26.9 Å². The molecule has 0 aliphatic carbocycles. The Hall–Kier alpha value is -1.59. The maximum atomic E-state index is 11.5. The van der Waals surface area contributed by atoms with E-state index in [4.69, 9.17) is 15.2 Å². The Morgan fingerprint density at radius 3 is 2.95 bits per heavy atom. The van der Waals surface area contributed by atoms with Crippen LogP contribution in [0.5, 0.6) is 5.75 Å². The lowest BCUT2D eigenvalue weighted by Gasteiger charge is -2.11. The first-order chi connectivity index (χ1) is 9.65. The summed E-state index contributed by atoms with van der Waals surface area (Å²) in [6, 6.07) is 7.85. The van der Waals surface area contributed by atoms with Crippen LogP contribution in [0.4, 0.5) is 0 Å². The molecule has 3 N–H and O–H groups in total. The average molecular weight is 280 g/mol. The van der Waals surface area contributed by atoms with E-state index in [0.717, 1.165) is 18.4 Å². The van der Waals surface area contributed by atoms with Gasteiger partial charge >= 0.3 is 0 Å². The standard InChI is InChI=1S/C15H24N2O3/c1-3-13(16)9-12-5-4-6-14(10-12)20-11-15(18)17-7-8-19-2/h4-6,10,13H,3,7-9,11,16H2,1-2H3,(H,17,18). The molecule has 0 aliphatic rings. The van der Waals surface area contributed by atoms with Gasteiger partial charge in [-0.15, -0.1) is 0 Å². The van der Waals surface area contributed by atoms with E-state index < -0.39 is 0 Å². The number of benzene rings is 1. The average Bonchev–Trinajstić information content (AvgIpc) is 2.45. The van der Waals surface area contributed by atoms with E-state index in [1.165, 1.54) is 0 Å². The Kier molecular flexibility index (Phi) is 7.69. The Morgan fingerprint density at radius 2 is 2.25 bits per heavy atom. The topological polar surface area (TPSA) is 73.6 Å². The minimum Gasteiger partial charge on any atom is -0.484 e. The lowest BCUT2D eigenvalue weighted by Crippen LogP contribution is -2.31. The summed E-state index contributed by atoms with van der Waals surface area (Å²) in [6.45, 7) is 3.06. The number of ether oxygens (including phenoxy) is 2. The minimum absolute atomic E-state index is 0.00694. The Morgan fingerprint density at radius 1 is 1.45 bits per heavy atom. The lowest BCUT2D eigenvalue weighted by atomic mass is 10.0. The van der Waals surface area contributed by atoms with Crippen molar-refractivity contribution >= 4 is 5.91 Å². The van der Waals surface area contributed by atoms with E-state index in [2.05, 4.69) is 12.2 Å². The summed E-state index contributed by atoms with van der Waals surface area (Å²) in [7, 11) is 1.59. The molecular weight excluding hydrogens is 256 g/mol. The summed E-state index contributed by atoms with van der Waals surface area (Å²) in [5, 5.41) is 2.70. The number of carbonyl (C=O) groups is 1. The van der Waals surface area contributed by atoms with E-state index in [9.17, 15) is 4.79 Å². The van der Waals surface area contributed by atoms with Crippen LogP contribution < -0.4 is 15.8 Å². The zero-order valence-corrected chi connectivity index (χ0v) is 12.2. The van der Waals surface area contributed by atoms with Crippen LogP contribution in [-0.4, -0.2) is 38.8 Å². The highest BCUT2D eigenvalue weighted by atomic mass is 16.5. The summed E-state index contributed by atoms with van der Waals surface area (Å²) in [5.74, 6) is 0.533. The predicted molar refractivity (Wildman–Crippen MR) is 78.8 cm³/mol. The van der Waals surface area contributed by atoms with E-state index >= 15 is 0 Å². The van der Waals surface area contributed by atoms with Crippen LogP contribution in [0.2, 0.25) is 0 Å². The van der Waals surface area contributed by atoms with Crippen LogP contribution in [0.25, 0.3) is 0 Å². The molecule has 0 aliphatic heterocycles. The fraction of sp³-hybridized carbons (Fsp3) is 0.533. The summed E-state index contributed by atoms with van der Waals surface area (Å²) >= 11 is 0. The summed E-state index contributed by atoms with van der Waals surface area (Å²) < 4.78 is 10.3. The molecule has 1 aromatic carbocycles. The number of nitrogens with two attached hydrogens (primary N) is 1. The highest BCUT2D eigenvalue weighted by Crippen LogP contribution is 2.14. The van der Waals surface area contributed by atoms with Gasteiger partial charge in [0.15, 0.2) is 6.61 Å². The molecule has 20 heavy (non-hydrogen) atoms. The second kappa shape index (κ2) is 9.34. The fourth-order valence-corrected chi connectivity index (χ4v) is 1.70. The molecule has 0 saturated heterocycles. The third-order valence-electron chi connectivity index (χ3n) is 2.92. The van der Waals surface area contributed by atoms with Crippen LogP contribution in [-0.2, 0) is 16.0 Å². The minimum atomic E-state index is -0.155. The molecule has 0 fully saturated rings. The quantitative estimate of drug-likeness (QED) is 0.665. The van der Waals surface area contributed by atoms with Gasteiger partial charge in [-0.3, -0.25) is 4.79 Å². The second-order valence-corrected chi connectivity index (χ2v) is 4.65. The number of rotatable bonds is 9. The molecule has 5 nitrogen and oxygen atoms in total. The van der Waals surface area contributed by atoms with Crippen molar-refractivity contribution in [1.82, 2.24) is 5.32 Å². The first kappa shape index (κ1) is 16.5. The number of hydrogen-bond acceptors (Lipinski definition) is 4. The number of carbonyl (C=O) groups excluding carboxylic acids is 1. The van der Waals surface area contributed by atoms with Gasteiger partial charge in [0, 0.05) is 19.7 Å². The van der Waals surface area contributed by atoms with Gasteiger partial charge in [-0.05, 0) is 30.5 Å². The molecule has 0 bridgehead atoms. The first-order valence-electron chi connectivity index (χ1n) is 6.88. The van der Waals surface area contributed by atoms with Gasteiger partial charge in [0.1, 0.15) is 5.75 Å². The molecule has 0 radical (unpaired) electrons. The van der Waals surface area contributed by atoms with Gasteiger partial charge in [0.25, 0.3) is 5.91 Å². The van der Waals surface area contributed by atoms with Crippen LogP contribution in [0.3, 0.4) is 0 Å². The second-order valence-electron chi connectivity index (χ2n) is 4.65. The van der Waals surface area contributed by atoms with Gasteiger partial charge < -0.3 is 20.5 Å². The van der Waals surface area contributed by atoms with Gasteiger partial charge in [0.2, 0.25) is 0 Å². The number of hydrogen-bond donors (Lipinski definition) is 2. The zero-order chi connectivity index (χ0) is 14.8. The van der Waals surface area contributed by atoms with Crippen LogP contribution in [0, 0.1) is 0 Å². The van der Waals surface area contributed by atoms with E-state index in [1.807, 2.05) is 24.3 Å². The molecule has 112 valence electrons. The van der Waals surface area contributed by atoms with Crippen molar-refractivity contribution in [3.8, 4) is 5.75 Å². The normalized spacial score (nSPS) is 11.9. The molecule has 1 atom stereocenters. The van der Waals surface area contributed by atoms with Crippen molar-refractivity contribution in [2.45, 2.75) is 25.8 Å². The summed E-state index contributed by atoms with van der Waals surface area (Å²) in [4.78, 5) is 11.5. The zero-order valence-electron chi connectivity index (χ0n) is 12.2. The Balaban J connectivity index is 2.40. The number of nitrogens with one attached hydrogen (secondary N) is 1. The lowest BCUT2D eigenvalue weighted by molar-refractivity contribution is -0.123. The molecule has 1 rings (SSSR count). The molecule has 1 unspecified atom stereocenters. The molecule has 1 amide bonds. The molecule has 0 saturated carbocycles. The summed E-state index contributed by atoms with van der Waals surface area (Å²) in [5.41, 5.74) is 7.05. The highest BCUT2D eigenvalue weighted by molar-refractivity contribution is 5.77. The first-order valence-corrected chi connectivity index (χ1v) is 6.88. The third kappa shape index (κ3) is 6.54. The highest BCUT2D eigenvalue weighted by Gasteiger charge is 2.05. The molecule has 5 heteroatoms. The molecule has 0 aromatic heterocycles. The van der Waals surface area contributed by atoms with E-state index in [0.29, 0.717) is 18.9 Å². The van der Waals surface area contributed by atoms with E-state index in [1.54, 1.807) is 7.11 Å². The monoisotopic (exact) mass is 280 g/mol. The van der Waals surface area contributed by atoms with E-state index in [-0.39, 0.29) is 18.6 Å². The third-order valence-corrected chi connectivity index (χ3v) is 2.92. The van der Waals surface area contributed by atoms with Crippen molar-refractivity contribution < 1.29 is 14.3 Å². The van der Waals surface area contributed by atoms with Crippen LogP contribution in [0.15, 0.2) is 24.3 Å². The predicted octanol–water partition coefficient (Wildman–Crippen LogP) is 1.11. The smallest absolute Gasteiger partial charge is 0.258 e. The van der Waals surface area contributed by atoms with Crippen molar-refractivity contribution in [1.29, 1.82) is 0 Å². The van der Waals surface area contributed by atoms with Crippen molar-refractivity contribution in [3.63, 3.8) is 0 Å². The molecule has 1 aromatic rings. The largest absolute Gasteiger partial charge is 0.484 e. The summed E-state index contributed by atoms with van der Waals surface area (Å²) in [6.07, 6.45) is 1.75. The van der Waals surface area contributed by atoms with Crippen LogP contribution >= 0.6 is 0 Å². The molecular formula is C15H24N2O3. The maximum absolute atomic E-state index is 11.5. The Labute approximate surface area is 120 Å². The molecule has 0 spiro atoms. The van der Waals surface area contributed by atoms with Gasteiger partial charge in [0.05, 0.1) is 6.61 Å². The fourth-order valence-electron chi connectivity index (χ4n) is 1.70. The van der Waals surface area contributed by atoms with Crippen molar-refractivity contribution in [3.05, 3.63) is 29.8 Å². The number of amides is 1. The van der Waals surface area contributed by atoms with Crippen LogP contribution in [0.1, 0.15) is 18.9 Å². The SMILES string of the molecule is CCC(N)Cc1cccc(OCC(=O)NCCOC)c1.